The van der Waals surface area contributed by atoms with Crippen molar-refractivity contribution < 1.29 is 17.9 Å². The molecule has 0 unspecified atom stereocenters. The van der Waals surface area contributed by atoms with Crippen LogP contribution in [0.3, 0.4) is 0 Å². The Morgan fingerprint density at radius 1 is 1.08 bits per heavy atom. The molecule has 0 spiro atoms. The maximum Gasteiger partial charge on any atom is 0.355 e. The quantitative estimate of drug-likeness (QED) is 0.652. The van der Waals surface area contributed by atoms with Crippen LogP contribution in [0.25, 0.3) is 6.08 Å². The van der Waals surface area contributed by atoms with E-state index in [1.54, 1.807) is 36.4 Å². The number of sulfonamides is 1. The molecule has 0 saturated heterocycles. The van der Waals surface area contributed by atoms with Crippen LogP contribution in [-0.4, -0.2) is 21.5 Å². The van der Waals surface area contributed by atoms with E-state index in [0.717, 1.165) is 5.56 Å². The zero-order valence-corrected chi connectivity index (χ0v) is 14.7. The van der Waals surface area contributed by atoms with Crippen LogP contribution in [0.2, 0.25) is 5.02 Å². The molecule has 24 heavy (non-hydrogen) atoms. The van der Waals surface area contributed by atoms with Gasteiger partial charge in [-0.15, -0.1) is 0 Å². The summed E-state index contributed by atoms with van der Waals surface area (Å²) < 4.78 is 31.8. The maximum absolute atomic E-state index is 12.4. The second-order valence-corrected chi connectivity index (χ2v) is 7.14. The lowest BCUT2D eigenvalue weighted by Crippen LogP contribution is -2.28. The third kappa shape index (κ3) is 4.59. The molecule has 0 heterocycles. The van der Waals surface area contributed by atoms with Crippen LogP contribution in [0, 0.1) is 6.92 Å². The summed E-state index contributed by atoms with van der Waals surface area (Å²) in [6.45, 7) is 1.85. The smallest absolute Gasteiger partial charge is 0.355 e. The molecule has 7 heteroatoms. The largest absolute Gasteiger partial charge is 0.464 e. The Hall–Kier alpha value is -2.31. The van der Waals surface area contributed by atoms with Crippen LogP contribution < -0.4 is 4.72 Å². The summed E-state index contributed by atoms with van der Waals surface area (Å²) >= 11 is 5.81. The molecule has 2 rings (SSSR count). The van der Waals surface area contributed by atoms with Crippen LogP contribution in [0.1, 0.15) is 11.1 Å². The number of aryl methyl sites for hydroxylation is 1. The topological polar surface area (TPSA) is 72.5 Å². The first-order valence-corrected chi connectivity index (χ1v) is 8.83. The fourth-order valence-electron chi connectivity index (χ4n) is 1.89. The highest BCUT2D eigenvalue weighted by Gasteiger charge is 2.20. The number of nitrogens with one attached hydrogen (secondary N) is 1. The van der Waals surface area contributed by atoms with Gasteiger partial charge in [0.05, 0.1) is 12.0 Å². The van der Waals surface area contributed by atoms with Gasteiger partial charge in [-0.25, -0.2) is 13.2 Å². The molecule has 0 fully saturated rings. The minimum atomic E-state index is -3.90. The highest BCUT2D eigenvalue weighted by molar-refractivity contribution is 7.89. The number of rotatable bonds is 5. The molecule has 0 aliphatic rings. The number of carbonyl (C=O) groups is 1. The van der Waals surface area contributed by atoms with Crippen molar-refractivity contribution in [3.05, 3.63) is 70.4 Å². The second-order valence-electron chi connectivity index (χ2n) is 5.02. The van der Waals surface area contributed by atoms with Gasteiger partial charge in [0, 0.05) is 5.02 Å². The third-order valence-corrected chi connectivity index (χ3v) is 4.80. The van der Waals surface area contributed by atoms with Crippen molar-refractivity contribution in [2.75, 3.05) is 7.11 Å². The van der Waals surface area contributed by atoms with Gasteiger partial charge in [-0.05, 0) is 42.8 Å². The molecule has 0 aromatic heterocycles. The average molecular weight is 366 g/mol. The summed E-state index contributed by atoms with van der Waals surface area (Å²) in [5.41, 5.74) is 1.34. The molecule has 126 valence electrons. The van der Waals surface area contributed by atoms with Crippen molar-refractivity contribution >= 4 is 33.7 Å². The minimum Gasteiger partial charge on any atom is -0.464 e. The fourth-order valence-corrected chi connectivity index (χ4v) is 3.06. The average Bonchev–Trinajstić information content (AvgIpc) is 2.55. The molecule has 2 aromatic rings. The van der Waals surface area contributed by atoms with E-state index in [2.05, 4.69) is 9.46 Å². The van der Waals surface area contributed by atoms with Crippen molar-refractivity contribution in [2.24, 2.45) is 0 Å². The second kappa shape index (κ2) is 7.51. The number of benzene rings is 2. The van der Waals surface area contributed by atoms with Crippen molar-refractivity contribution in [2.45, 2.75) is 11.8 Å². The standard InChI is InChI=1S/C17H16ClNO4S/c1-12-3-9-15(10-4-12)24(21,22)19-16(17(20)23-2)11-13-5-7-14(18)8-6-13/h3-11,19H,1-2H3/b16-11-. The fraction of sp³-hybridized carbons (Fsp3) is 0.118. The van der Waals surface area contributed by atoms with E-state index in [1.165, 1.54) is 25.3 Å². The van der Waals surface area contributed by atoms with E-state index in [1.807, 2.05) is 6.92 Å². The van der Waals surface area contributed by atoms with E-state index in [9.17, 15) is 13.2 Å². The van der Waals surface area contributed by atoms with Gasteiger partial charge >= 0.3 is 5.97 Å². The third-order valence-electron chi connectivity index (χ3n) is 3.16. The Morgan fingerprint density at radius 3 is 2.21 bits per heavy atom. The molecule has 0 radical (unpaired) electrons. The van der Waals surface area contributed by atoms with Gasteiger partial charge in [0.1, 0.15) is 5.70 Å². The van der Waals surface area contributed by atoms with E-state index in [-0.39, 0.29) is 10.6 Å². The molecular weight excluding hydrogens is 350 g/mol. The maximum atomic E-state index is 12.4. The van der Waals surface area contributed by atoms with Crippen LogP contribution in [0.4, 0.5) is 0 Å². The monoisotopic (exact) mass is 365 g/mol. The Kier molecular flexibility index (Phi) is 5.64. The lowest BCUT2D eigenvalue weighted by Gasteiger charge is -2.11. The van der Waals surface area contributed by atoms with Gasteiger partial charge in [0.2, 0.25) is 0 Å². The van der Waals surface area contributed by atoms with E-state index < -0.39 is 16.0 Å². The Morgan fingerprint density at radius 2 is 1.67 bits per heavy atom. The molecule has 1 N–H and O–H groups in total. The van der Waals surface area contributed by atoms with Gasteiger partial charge < -0.3 is 4.74 Å². The summed E-state index contributed by atoms with van der Waals surface area (Å²) in [6, 6.07) is 12.9. The van der Waals surface area contributed by atoms with E-state index in [0.29, 0.717) is 10.6 Å². The van der Waals surface area contributed by atoms with Gasteiger partial charge in [-0.3, -0.25) is 4.72 Å². The number of halogens is 1. The SMILES string of the molecule is COC(=O)/C(=C/c1ccc(Cl)cc1)NS(=O)(=O)c1ccc(C)cc1. The summed E-state index contributed by atoms with van der Waals surface area (Å²) in [7, 11) is -2.73. The Bertz CT molecular complexity index is 856. The number of hydrogen-bond donors (Lipinski definition) is 1. The van der Waals surface area contributed by atoms with Crippen LogP contribution in [0.5, 0.6) is 0 Å². The Labute approximate surface area is 146 Å². The van der Waals surface area contributed by atoms with Gasteiger partial charge in [-0.1, -0.05) is 41.4 Å². The first-order valence-electron chi connectivity index (χ1n) is 6.97. The van der Waals surface area contributed by atoms with Crippen LogP contribution >= 0.6 is 11.6 Å². The van der Waals surface area contributed by atoms with Gasteiger partial charge in [0.25, 0.3) is 10.0 Å². The zero-order valence-electron chi connectivity index (χ0n) is 13.1. The number of hydrogen-bond acceptors (Lipinski definition) is 4. The van der Waals surface area contributed by atoms with Crippen LogP contribution in [-0.2, 0) is 19.6 Å². The lowest BCUT2D eigenvalue weighted by atomic mass is 10.2. The molecule has 2 aromatic carbocycles. The molecule has 0 aliphatic heterocycles. The molecule has 5 nitrogen and oxygen atoms in total. The molecule has 0 amide bonds. The molecule has 0 aliphatic carbocycles. The number of methoxy groups -OCH3 is 1. The lowest BCUT2D eigenvalue weighted by molar-refractivity contribution is -0.136. The van der Waals surface area contributed by atoms with Crippen LogP contribution in [0.15, 0.2) is 59.1 Å². The van der Waals surface area contributed by atoms with Crippen molar-refractivity contribution in [3.63, 3.8) is 0 Å². The highest BCUT2D eigenvalue weighted by atomic mass is 35.5. The molecule has 0 atom stereocenters. The highest BCUT2D eigenvalue weighted by Crippen LogP contribution is 2.15. The molecule has 0 saturated carbocycles. The van der Waals surface area contributed by atoms with Crippen molar-refractivity contribution in [3.8, 4) is 0 Å². The zero-order chi connectivity index (χ0) is 17.7. The number of ether oxygens (including phenoxy) is 1. The number of carbonyl (C=O) groups excluding carboxylic acids is 1. The first-order chi connectivity index (χ1) is 11.3. The molecular formula is C17H16ClNO4S. The van der Waals surface area contributed by atoms with Crippen molar-refractivity contribution in [1.82, 2.24) is 4.72 Å². The number of esters is 1. The van der Waals surface area contributed by atoms with Gasteiger partial charge in [-0.2, -0.15) is 0 Å². The normalized spacial score (nSPS) is 11.9. The summed E-state index contributed by atoms with van der Waals surface area (Å²) in [6.07, 6.45) is 1.38. The first kappa shape index (κ1) is 18.0. The Balaban J connectivity index is 2.37. The predicted octanol–water partition coefficient (Wildman–Crippen LogP) is 3.14. The predicted molar refractivity (Wildman–Crippen MR) is 92.9 cm³/mol. The summed E-state index contributed by atoms with van der Waals surface area (Å²) in [4.78, 5) is 12.0. The molecule has 0 bridgehead atoms. The van der Waals surface area contributed by atoms with Crippen molar-refractivity contribution in [1.29, 1.82) is 0 Å². The van der Waals surface area contributed by atoms with E-state index in [4.69, 9.17) is 11.6 Å². The van der Waals surface area contributed by atoms with Gasteiger partial charge in [0.15, 0.2) is 0 Å². The summed E-state index contributed by atoms with van der Waals surface area (Å²) in [5.74, 6) is -0.791. The minimum absolute atomic E-state index is 0.0546. The summed E-state index contributed by atoms with van der Waals surface area (Å²) in [5, 5.41) is 0.534. The van der Waals surface area contributed by atoms with E-state index >= 15 is 0 Å².